The fraction of sp³-hybridized carbons (Fsp3) is 0.727. The lowest BCUT2D eigenvalue weighted by atomic mass is 10.4. The van der Waals surface area contributed by atoms with Gasteiger partial charge in [0.1, 0.15) is 0 Å². The van der Waals surface area contributed by atoms with Gasteiger partial charge in [-0.1, -0.05) is 0 Å². The van der Waals surface area contributed by atoms with Crippen LogP contribution in [0.1, 0.15) is 26.7 Å². The molecule has 1 rings (SSSR count). The van der Waals surface area contributed by atoms with Gasteiger partial charge in [0.15, 0.2) is 0 Å². The van der Waals surface area contributed by atoms with E-state index in [1.165, 1.54) is 0 Å². The van der Waals surface area contributed by atoms with Crippen LogP contribution < -0.4 is 10.6 Å². The summed E-state index contributed by atoms with van der Waals surface area (Å²) in [6.07, 6.45) is 1.80. The van der Waals surface area contributed by atoms with Crippen LogP contribution in [0.15, 0.2) is 0 Å². The van der Waals surface area contributed by atoms with Crippen molar-refractivity contribution in [3.05, 3.63) is 0 Å². The number of hydrogen-bond acceptors (Lipinski definition) is 4. The molecule has 0 aromatic carbocycles. The smallest absolute Gasteiger partial charge is 0.321 e. The topological polar surface area (TPSA) is 98.7 Å². The lowest BCUT2D eigenvalue weighted by molar-refractivity contribution is -0.138. The third-order valence-electron chi connectivity index (χ3n) is 2.42. The van der Waals surface area contributed by atoms with Crippen LogP contribution in [0, 0.1) is 0 Å². The summed E-state index contributed by atoms with van der Waals surface area (Å²) >= 11 is 0. The van der Waals surface area contributed by atoms with Crippen LogP contribution in [0.5, 0.6) is 0 Å². The van der Waals surface area contributed by atoms with E-state index in [0.717, 1.165) is 12.8 Å². The Hall–Kier alpha value is -1.63. The number of imide groups is 1. The Morgan fingerprint density at radius 3 is 2.33 bits per heavy atom. The van der Waals surface area contributed by atoms with Crippen LogP contribution in [0.2, 0.25) is 0 Å². The van der Waals surface area contributed by atoms with Crippen molar-refractivity contribution in [2.45, 2.75) is 38.8 Å². The van der Waals surface area contributed by atoms with Gasteiger partial charge < -0.3 is 10.4 Å². The molecule has 3 amide bonds. The van der Waals surface area contributed by atoms with Gasteiger partial charge in [-0.2, -0.15) is 0 Å². The molecule has 1 aliphatic carbocycles. The predicted octanol–water partition coefficient (Wildman–Crippen LogP) is -0.230. The third kappa shape index (κ3) is 5.62. The Balaban J connectivity index is 2.36. The summed E-state index contributed by atoms with van der Waals surface area (Å²) in [6, 6.07) is -0.461. The Morgan fingerprint density at radius 2 is 1.89 bits per heavy atom. The molecular weight excluding hydrogens is 238 g/mol. The number of carboxylic acids is 1. The van der Waals surface area contributed by atoms with Crippen molar-refractivity contribution < 1.29 is 19.5 Å². The second kappa shape index (κ2) is 6.34. The van der Waals surface area contributed by atoms with Crippen LogP contribution in [0.25, 0.3) is 0 Å². The first-order valence-electron chi connectivity index (χ1n) is 5.94. The largest absolute Gasteiger partial charge is 0.480 e. The summed E-state index contributed by atoms with van der Waals surface area (Å²) in [7, 11) is 0. The molecule has 0 unspecified atom stereocenters. The summed E-state index contributed by atoms with van der Waals surface area (Å²) in [6.45, 7) is 3.32. The lowest BCUT2D eigenvalue weighted by Crippen LogP contribution is -2.47. The quantitative estimate of drug-likeness (QED) is 0.610. The highest BCUT2D eigenvalue weighted by atomic mass is 16.4. The Bertz CT molecular complexity index is 339. The first-order chi connectivity index (χ1) is 8.38. The molecule has 7 heteroatoms. The number of carbonyl (C=O) groups excluding carboxylic acids is 2. The highest BCUT2D eigenvalue weighted by Gasteiger charge is 2.31. The number of rotatable bonds is 6. The van der Waals surface area contributed by atoms with Crippen molar-refractivity contribution in [1.29, 1.82) is 0 Å². The van der Waals surface area contributed by atoms with Gasteiger partial charge >= 0.3 is 12.0 Å². The Kier molecular flexibility index (Phi) is 5.08. The molecule has 0 spiro atoms. The zero-order chi connectivity index (χ0) is 13.7. The summed E-state index contributed by atoms with van der Waals surface area (Å²) in [5.74, 6) is -1.46. The SMILES string of the molecule is CC(C)NC(=O)NC(=O)CN(CC(=O)O)C1CC1. The normalized spacial score (nSPS) is 14.7. The van der Waals surface area contributed by atoms with E-state index < -0.39 is 17.9 Å². The minimum absolute atomic E-state index is 0.0589. The monoisotopic (exact) mass is 257 g/mol. The number of nitrogens with one attached hydrogen (secondary N) is 2. The van der Waals surface area contributed by atoms with Gasteiger partial charge in [0.05, 0.1) is 13.1 Å². The average molecular weight is 257 g/mol. The predicted molar refractivity (Wildman–Crippen MR) is 64.0 cm³/mol. The highest BCUT2D eigenvalue weighted by Crippen LogP contribution is 2.26. The molecule has 0 saturated heterocycles. The molecule has 0 aliphatic heterocycles. The van der Waals surface area contributed by atoms with Gasteiger partial charge in [0.2, 0.25) is 5.91 Å². The van der Waals surface area contributed by atoms with Gasteiger partial charge in [-0.3, -0.25) is 19.8 Å². The number of carboxylic acid groups (broad SMARTS) is 1. The zero-order valence-corrected chi connectivity index (χ0v) is 10.6. The maximum Gasteiger partial charge on any atom is 0.321 e. The molecule has 102 valence electrons. The number of aliphatic carboxylic acids is 1. The Labute approximate surface area is 106 Å². The van der Waals surface area contributed by atoms with E-state index in [1.807, 2.05) is 0 Å². The third-order valence-corrected chi connectivity index (χ3v) is 2.42. The molecule has 1 saturated carbocycles. The van der Waals surface area contributed by atoms with E-state index in [0.29, 0.717) is 0 Å². The maximum atomic E-state index is 11.6. The van der Waals surface area contributed by atoms with E-state index in [4.69, 9.17) is 5.11 Å². The van der Waals surface area contributed by atoms with Crippen molar-refractivity contribution in [3.8, 4) is 0 Å². The molecule has 0 radical (unpaired) electrons. The number of carbonyl (C=O) groups is 3. The standard InChI is InChI=1S/C11H19N3O4/c1-7(2)12-11(18)13-9(15)5-14(6-10(16)17)8-3-4-8/h7-8H,3-6H2,1-2H3,(H,16,17)(H2,12,13,15,18). The molecule has 0 bridgehead atoms. The second-order valence-corrected chi connectivity index (χ2v) is 4.71. The number of amides is 3. The second-order valence-electron chi connectivity index (χ2n) is 4.71. The fourth-order valence-electron chi connectivity index (χ4n) is 1.58. The van der Waals surface area contributed by atoms with Crippen molar-refractivity contribution in [3.63, 3.8) is 0 Å². The Morgan fingerprint density at radius 1 is 1.28 bits per heavy atom. The van der Waals surface area contributed by atoms with Crippen LogP contribution >= 0.6 is 0 Å². The number of nitrogens with zero attached hydrogens (tertiary/aromatic N) is 1. The van der Waals surface area contributed by atoms with Crippen molar-refractivity contribution >= 4 is 17.9 Å². The van der Waals surface area contributed by atoms with Crippen molar-refractivity contribution in [1.82, 2.24) is 15.5 Å². The summed E-state index contributed by atoms with van der Waals surface area (Å²) in [4.78, 5) is 35.0. The lowest BCUT2D eigenvalue weighted by Gasteiger charge is -2.18. The molecule has 7 nitrogen and oxygen atoms in total. The molecule has 1 aliphatic rings. The summed E-state index contributed by atoms with van der Waals surface area (Å²) in [5, 5.41) is 13.4. The highest BCUT2D eigenvalue weighted by molar-refractivity contribution is 5.95. The molecular formula is C11H19N3O4. The first kappa shape index (κ1) is 14.4. The average Bonchev–Trinajstić information content (AvgIpc) is 2.96. The van der Waals surface area contributed by atoms with Gasteiger partial charge in [-0.05, 0) is 26.7 Å². The van der Waals surface area contributed by atoms with Crippen molar-refractivity contribution in [2.24, 2.45) is 0 Å². The van der Waals surface area contributed by atoms with Gasteiger partial charge in [-0.15, -0.1) is 0 Å². The molecule has 1 fully saturated rings. The van der Waals surface area contributed by atoms with Gasteiger partial charge in [-0.25, -0.2) is 4.79 Å². The van der Waals surface area contributed by atoms with Gasteiger partial charge in [0, 0.05) is 12.1 Å². The molecule has 0 heterocycles. The van der Waals surface area contributed by atoms with Crippen LogP contribution in [0.3, 0.4) is 0 Å². The first-order valence-corrected chi connectivity index (χ1v) is 5.94. The van der Waals surface area contributed by atoms with Crippen molar-refractivity contribution in [2.75, 3.05) is 13.1 Å². The van der Waals surface area contributed by atoms with Crippen LogP contribution in [-0.4, -0.2) is 53.1 Å². The zero-order valence-electron chi connectivity index (χ0n) is 10.6. The van der Waals surface area contributed by atoms with Gasteiger partial charge in [0.25, 0.3) is 0 Å². The molecule has 0 aromatic rings. The molecule has 0 aromatic heterocycles. The summed E-state index contributed by atoms with van der Waals surface area (Å²) < 4.78 is 0. The fourth-order valence-corrected chi connectivity index (χ4v) is 1.58. The maximum absolute atomic E-state index is 11.6. The van der Waals surface area contributed by atoms with E-state index in [-0.39, 0.29) is 25.2 Å². The van der Waals surface area contributed by atoms with Crippen LogP contribution in [0.4, 0.5) is 4.79 Å². The van der Waals surface area contributed by atoms with E-state index in [1.54, 1.807) is 18.7 Å². The number of hydrogen-bond donors (Lipinski definition) is 3. The minimum atomic E-state index is -0.971. The van der Waals surface area contributed by atoms with E-state index >= 15 is 0 Å². The van der Waals surface area contributed by atoms with E-state index in [9.17, 15) is 14.4 Å². The minimum Gasteiger partial charge on any atom is -0.480 e. The number of urea groups is 1. The van der Waals surface area contributed by atoms with Crippen LogP contribution in [-0.2, 0) is 9.59 Å². The van der Waals surface area contributed by atoms with E-state index in [2.05, 4.69) is 10.6 Å². The summed E-state index contributed by atoms with van der Waals surface area (Å²) in [5.41, 5.74) is 0. The molecule has 0 atom stereocenters. The molecule has 18 heavy (non-hydrogen) atoms. The molecule has 3 N–H and O–H groups in total.